The molecule has 2 N–H and O–H groups in total. The third kappa shape index (κ3) is 7.44. The second-order valence-electron chi connectivity index (χ2n) is 7.84. The highest BCUT2D eigenvalue weighted by Crippen LogP contribution is 2.34. The lowest BCUT2D eigenvalue weighted by Crippen LogP contribution is -2.36. The van der Waals surface area contributed by atoms with Crippen LogP contribution in [0.15, 0.2) is 53.6 Å². The van der Waals surface area contributed by atoms with Crippen molar-refractivity contribution >= 4 is 29.5 Å². The predicted octanol–water partition coefficient (Wildman–Crippen LogP) is 5.56. The molecule has 0 bridgehead atoms. The first-order chi connectivity index (χ1) is 18.0. The van der Waals surface area contributed by atoms with Gasteiger partial charge in [0.2, 0.25) is 5.95 Å². The molecular weight excluding hydrogens is 525 g/mol. The van der Waals surface area contributed by atoms with Crippen LogP contribution in [0.5, 0.6) is 5.75 Å². The van der Waals surface area contributed by atoms with E-state index >= 15 is 0 Å². The lowest BCUT2D eigenvalue weighted by Gasteiger charge is -2.28. The van der Waals surface area contributed by atoms with E-state index in [-0.39, 0.29) is 17.5 Å². The zero-order valence-electron chi connectivity index (χ0n) is 19.3. The van der Waals surface area contributed by atoms with Gasteiger partial charge in [-0.1, -0.05) is 0 Å². The molecule has 0 spiro atoms. The molecule has 15 heteroatoms. The van der Waals surface area contributed by atoms with Crippen LogP contribution in [0.2, 0.25) is 0 Å². The van der Waals surface area contributed by atoms with Gasteiger partial charge in [0.05, 0.1) is 25.0 Å². The van der Waals surface area contributed by atoms with Crippen LogP contribution in [0.3, 0.4) is 0 Å². The van der Waals surface area contributed by atoms with Crippen LogP contribution in [0.4, 0.5) is 54.0 Å². The van der Waals surface area contributed by atoms with Crippen LogP contribution in [0, 0.1) is 5.82 Å². The van der Waals surface area contributed by atoms with Gasteiger partial charge >= 0.3 is 12.5 Å². The van der Waals surface area contributed by atoms with Gasteiger partial charge in [0.1, 0.15) is 23.2 Å². The molecule has 1 aliphatic heterocycles. The molecule has 8 nitrogen and oxygen atoms in total. The smallest absolute Gasteiger partial charge is 0.406 e. The molecule has 1 saturated heterocycles. The molecule has 0 aliphatic carbocycles. The van der Waals surface area contributed by atoms with Gasteiger partial charge in [0.25, 0.3) is 0 Å². The van der Waals surface area contributed by atoms with Crippen LogP contribution in [0.25, 0.3) is 0 Å². The molecule has 2 heterocycles. The number of ether oxygens (including phenoxy) is 2. The molecule has 0 atom stereocenters. The molecule has 1 fully saturated rings. The fourth-order valence-electron chi connectivity index (χ4n) is 3.39. The number of anilines is 4. The Labute approximate surface area is 211 Å². The van der Waals surface area contributed by atoms with E-state index in [1.54, 1.807) is 0 Å². The SMILES string of the molecule is Fc1ccc(Nc2cc(N3CCOCC3)nc(N/N=C/c3ccc(OC(F)(F)F)cc3)n2)cc1C(F)(F)F. The minimum absolute atomic E-state index is 0.0251. The number of nitrogens with zero attached hydrogens (tertiary/aromatic N) is 4. The third-order valence-electron chi connectivity index (χ3n) is 5.08. The number of aromatic nitrogens is 2. The maximum absolute atomic E-state index is 13.7. The molecule has 1 aliphatic rings. The van der Waals surface area contributed by atoms with Gasteiger partial charge in [-0.2, -0.15) is 28.2 Å². The van der Waals surface area contributed by atoms with E-state index in [1.165, 1.54) is 24.4 Å². The minimum atomic E-state index is -4.88. The number of rotatable bonds is 7. The standard InChI is InChI=1S/C23H19F7N6O2/c24-18-6-3-15(11-17(18)22(25,26)27)32-19-12-20(36-7-9-37-10-8-36)34-21(33-19)35-31-13-14-1-4-16(5-2-14)38-23(28,29)30/h1-6,11-13H,7-10H2,(H2,32,33,34,35)/b31-13+. The molecule has 0 amide bonds. The molecule has 4 rings (SSSR count). The van der Waals surface area contributed by atoms with Crippen LogP contribution in [-0.4, -0.2) is 48.8 Å². The Hall–Kier alpha value is -4.14. The third-order valence-corrected chi connectivity index (χ3v) is 5.08. The number of hydrogen-bond donors (Lipinski definition) is 2. The van der Waals surface area contributed by atoms with Crippen molar-refractivity contribution in [3.05, 3.63) is 65.5 Å². The summed E-state index contributed by atoms with van der Waals surface area (Å²) >= 11 is 0. The van der Waals surface area contributed by atoms with Crippen LogP contribution >= 0.6 is 0 Å². The van der Waals surface area contributed by atoms with Gasteiger partial charge in [0.15, 0.2) is 0 Å². The fourth-order valence-corrected chi connectivity index (χ4v) is 3.39. The number of nitrogens with one attached hydrogen (secondary N) is 2. The summed E-state index contributed by atoms with van der Waals surface area (Å²) in [4.78, 5) is 10.4. The van der Waals surface area contributed by atoms with Crippen LogP contribution in [-0.2, 0) is 10.9 Å². The summed E-state index contributed by atoms with van der Waals surface area (Å²) in [6.45, 7) is 1.88. The topological polar surface area (TPSA) is 83.9 Å². The monoisotopic (exact) mass is 544 g/mol. The Morgan fingerprint density at radius 3 is 2.32 bits per heavy atom. The highest BCUT2D eigenvalue weighted by atomic mass is 19.4. The first-order valence-electron chi connectivity index (χ1n) is 11.0. The molecule has 0 unspecified atom stereocenters. The average molecular weight is 544 g/mol. The Morgan fingerprint density at radius 2 is 1.66 bits per heavy atom. The fraction of sp³-hybridized carbons (Fsp3) is 0.261. The summed E-state index contributed by atoms with van der Waals surface area (Å²) in [6, 6.07) is 8.89. The zero-order valence-corrected chi connectivity index (χ0v) is 19.3. The summed E-state index contributed by atoms with van der Waals surface area (Å²) in [5.74, 6) is -1.30. The number of morpholine rings is 1. The Kier molecular flexibility index (Phi) is 7.85. The Balaban J connectivity index is 1.54. The van der Waals surface area contributed by atoms with Crippen molar-refractivity contribution in [3.63, 3.8) is 0 Å². The van der Waals surface area contributed by atoms with Gasteiger partial charge in [-0.25, -0.2) is 9.82 Å². The van der Waals surface area contributed by atoms with Gasteiger partial charge < -0.3 is 19.7 Å². The lowest BCUT2D eigenvalue weighted by atomic mass is 10.2. The van der Waals surface area contributed by atoms with E-state index in [4.69, 9.17) is 4.74 Å². The highest BCUT2D eigenvalue weighted by molar-refractivity contribution is 5.80. The van der Waals surface area contributed by atoms with E-state index in [1.807, 2.05) is 4.90 Å². The second-order valence-corrected chi connectivity index (χ2v) is 7.84. The van der Waals surface area contributed by atoms with E-state index in [0.29, 0.717) is 49.8 Å². The number of hydrogen-bond acceptors (Lipinski definition) is 8. The number of alkyl halides is 6. The van der Waals surface area contributed by atoms with Gasteiger partial charge in [-0.15, -0.1) is 13.2 Å². The van der Waals surface area contributed by atoms with Crippen molar-refractivity contribution < 1.29 is 40.2 Å². The summed E-state index contributed by atoms with van der Waals surface area (Å²) in [5, 5.41) is 6.70. The van der Waals surface area contributed by atoms with E-state index in [2.05, 4.69) is 30.5 Å². The van der Waals surface area contributed by atoms with Crippen molar-refractivity contribution in [2.45, 2.75) is 12.5 Å². The lowest BCUT2D eigenvalue weighted by molar-refractivity contribution is -0.274. The average Bonchev–Trinajstić information content (AvgIpc) is 2.85. The van der Waals surface area contributed by atoms with Crippen molar-refractivity contribution in [1.29, 1.82) is 0 Å². The summed E-state index contributed by atoms with van der Waals surface area (Å²) in [5.41, 5.74) is 1.54. The number of benzene rings is 2. The quantitative estimate of drug-likeness (QED) is 0.229. The Morgan fingerprint density at radius 1 is 0.947 bits per heavy atom. The molecule has 1 aromatic heterocycles. The highest BCUT2D eigenvalue weighted by Gasteiger charge is 2.34. The number of halogens is 7. The normalized spacial score (nSPS) is 14.6. The van der Waals surface area contributed by atoms with Crippen molar-refractivity contribution in [2.75, 3.05) is 41.9 Å². The molecule has 0 radical (unpaired) electrons. The maximum Gasteiger partial charge on any atom is 0.573 e. The molecule has 202 valence electrons. The van der Waals surface area contributed by atoms with Crippen molar-refractivity contribution in [1.82, 2.24) is 9.97 Å². The van der Waals surface area contributed by atoms with Crippen molar-refractivity contribution in [2.24, 2.45) is 5.10 Å². The van der Waals surface area contributed by atoms with Gasteiger partial charge in [-0.05, 0) is 48.0 Å². The molecule has 0 saturated carbocycles. The largest absolute Gasteiger partial charge is 0.573 e. The van der Waals surface area contributed by atoms with Crippen LogP contribution < -0.4 is 20.4 Å². The maximum atomic E-state index is 13.7. The van der Waals surface area contributed by atoms with E-state index in [9.17, 15) is 30.7 Å². The first-order valence-corrected chi connectivity index (χ1v) is 11.0. The molecule has 2 aromatic carbocycles. The minimum Gasteiger partial charge on any atom is -0.406 e. The first kappa shape index (κ1) is 26.9. The number of hydrazone groups is 1. The summed E-state index contributed by atoms with van der Waals surface area (Å²) in [7, 11) is 0. The summed E-state index contributed by atoms with van der Waals surface area (Å²) < 4.78 is 99.1. The van der Waals surface area contributed by atoms with E-state index in [0.717, 1.165) is 18.2 Å². The second kappa shape index (κ2) is 11.1. The van der Waals surface area contributed by atoms with Gasteiger partial charge in [-0.3, -0.25) is 0 Å². The predicted molar refractivity (Wildman–Crippen MR) is 124 cm³/mol. The van der Waals surface area contributed by atoms with Crippen molar-refractivity contribution in [3.8, 4) is 5.75 Å². The van der Waals surface area contributed by atoms with E-state index < -0.39 is 29.7 Å². The summed E-state index contributed by atoms with van der Waals surface area (Å²) in [6.07, 6.45) is -8.40. The zero-order chi connectivity index (χ0) is 27.3. The molecule has 38 heavy (non-hydrogen) atoms. The van der Waals surface area contributed by atoms with Crippen LogP contribution in [0.1, 0.15) is 11.1 Å². The Bertz CT molecular complexity index is 1280. The molecular formula is C23H19F7N6O2. The molecule has 3 aromatic rings. The van der Waals surface area contributed by atoms with Gasteiger partial charge in [0, 0.05) is 24.8 Å².